The number of nitro groups is 1. The van der Waals surface area contributed by atoms with Gasteiger partial charge in [-0.1, -0.05) is 12.1 Å². The molecule has 6 heteroatoms. The summed E-state index contributed by atoms with van der Waals surface area (Å²) in [6.45, 7) is 2.82. The Bertz CT molecular complexity index is 487. The minimum atomic E-state index is -0.444. The summed E-state index contributed by atoms with van der Waals surface area (Å²) < 4.78 is 0. The number of rotatable bonds is 5. The van der Waals surface area contributed by atoms with Crippen LogP contribution in [0.4, 0.5) is 5.69 Å². The average molecular weight is 277 g/mol. The van der Waals surface area contributed by atoms with Crippen molar-refractivity contribution in [1.29, 1.82) is 0 Å². The number of carbonyl (C=O) groups excluding carboxylic acids is 1. The largest absolute Gasteiger partial charge is 0.355 e. The molecule has 0 spiro atoms. The minimum absolute atomic E-state index is 0.0339. The number of benzene rings is 1. The molecule has 1 aromatic rings. The highest BCUT2D eigenvalue weighted by molar-refractivity contribution is 5.78. The first-order chi connectivity index (χ1) is 9.54. The Kier molecular flexibility index (Phi) is 4.68. The molecule has 20 heavy (non-hydrogen) atoms. The first-order valence-electron chi connectivity index (χ1n) is 6.73. The molecule has 0 unspecified atom stereocenters. The summed E-state index contributed by atoms with van der Waals surface area (Å²) in [5.41, 5.74) is 0.833. The average Bonchev–Trinajstić information content (AvgIpc) is 2.83. The van der Waals surface area contributed by atoms with Gasteiger partial charge in [0.25, 0.3) is 5.69 Å². The van der Waals surface area contributed by atoms with E-state index in [2.05, 4.69) is 17.3 Å². The number of likely N-dealkylation sites (tertiary alicyclic amines) is 1. The van der Waals surface area contributed by atoms with E-state index in [0.29, 0.717) is 12.5 Å². The molecule has 2 rings (SSSR count). The molecule has 1 heterocycles. The van der Waals surface area contributed by atoms with Crippen LogP contribution < -0.4 is 5.32 Å². The van der Waals surface area contributed by atoms with Crippen LogP contribution in [0.1, 0.15) is 12.0 Å². The molecule has 6 nitrogen and oxygen atoms in total. The second-order valence-corrected chi connectivity index (χ2v) is 5.32. The lowest BCUT2D eigenvalue weighted by Gasteiger charge is -2.11. The van der Waals surface area contributed by atoms with Gasteiger partial charge in [0, 0.05) is 25.2 Å². The number of amides is 1. The van der Waals surface area contributed by atoms with Gasteiger partial charge in [0.15, 0.2) is 0 Å². The second-order valence-electron chi connectivity index (χ2n) is 5.32. The smallest absolute Gasteiger partial charge is 0.269 e. The molecule has 1 amide bonds. The lowest BCUT2D eigenvalue weighted by atomic mass is 10.1. The van der Waals surface area contributed by atoms with Crippen molar-refractivity contribution in [3.63, 3.8) is 0 Å². The lowest BCUT2D eigenvalue weighted by molar-refractivity contribution is -0.384. The van der Waals surface area contributed by atoms with E-state index in [-0.39, 0.29) is 18.0 Å². The molecule has 1 saturated heterocycles. The maximum absolute atomic E-state index is 11.8. The predicted molar refractivity (Wildman–Crippen MR) is 75.4 cm³/mol. The predicted octanol–water partition coefficient (Wildman–Crippen LogP) is 1.21. The molecule has 1 atom stereocenters. The summed E-state index contributed by atoms with van der Waals surface area (Å²) in [5.74, 6) is 0.495. The monoisotopic (exact) mass is 277 g/mol. The molecule has 108 valence electrons. The van der Waals surface area contributed by atoms with E-state index >= 15 is 0 Å². The first kappa shape index (κ1) is 14.5. The Labute approximate surface area is 117 Å². The molecule has 1 N–H and O–H groups in total. The molecule has 1 aliphatic heterocycles. The van der Waals surface area contributed by atoms with Crippen LogP contribution in [-0.2, 0) is 11.2 Å². The van der Waals surface area contributed by atoms with E-state index < -0.39 is 4.92 Å². The molecule has 0 bridgehead atoms. The van der Waals surface area contributed by atoms with Crippen molar-refractivity contribution in [1.82, 2.24) is 10.2 Å². The normalized spacial score (nSPS) is 18.9. The topological polar surface area (TPSA) is 75.5 Å². The van der Waals surface area contributed by atoms with Crippen LogP contribution in [0.2, 0.25) is 0 Å². The van der Waals surface area contributed by atoms with Crippen LogP contribution in [-0.4, -0.2) is 42.4 Å². The van der Waals surface area contributed by atoms with Crippen LogP contribution in [0.15, 0.2) is 24.3 Å². The van der Waals surface area contributed by atoms with E-state index in [1.165, 1.54) is 12.1 Å². The number of nitrogens with one attached hydrogen (secondary N) is 1. The molecule has 0 radical (unpaired) electrons. The van der Waals surface area contributed by atoms with E-state index in [4.69, 9.17) is 0 Å². The number of non-ortho nitro benzene ring substituents is 1. The van der Waals surface area contributed by atoms with Gasteiger partial charge in [-0.15, -0.1) is 0 Å². The van der Waals surface area contributed by atoms with Crippen molar-refractivity contribution in [3.8, 4) is 0 Å². The van der Waals surface area contributed by atoms with Crippen LogP contribution in [0, 0.1) is 16.0 Å². The maximum Gasteiger partial charge on any atom is 0.269 e. The SMILES string of the molecule is CN1CC[C@@H](CNC(=O)Cc2ccc([N+](=O)[O-])cc2)C1. The van der Waals surface area contributed by atoms with E-state index in [0.717, 1.165) is 25.1 Å². The fourth-order valence-corrected chi connectivity index (χ4v) is 2.43. The van der Waals surface area contributed by atoms with Gasteiger partial charge in [-0.2, -0.15) is 0 Å². The summed E-state index contributed by atoms with van der Waals surface area (Å²) in [7, 11) is 2.08. The van der Waals surface area contributed by atoms with Crippen molar-refractivity contribution in [2.45, 2.75) is 12.8 Å². The van der Waals surface area contributed by atoms with Gasteiger partial charge in [0.1, 0.15) is 0 Å². The molecule has 0 aliphatic carbocycles. The fraction of sp³-hybridized carbons (Fsp3) is 0.500. The summed E-state index contributed by atoms with van der Waals surface area (Å²) >= 11 is 0. The van der Waals surface area contributed by atoms with E-state index in [9.17, 15) is 14.9 Å². The number of hydrogen-bond donors (Lipinski definition) is 1. The van der Waals surface area contributed by atoms with Crippen molar-refractivity contribution in [3.05, 3.63) is 39.9 Å². The Morgan fingerprint density at radius 3 is 2.70 bits per heavy atom. The Balaban J connectivity index is 1.77. The number of hydrogen-bond acceptors (Lipinski definition) is 4. The lowest BCUT2D eigenvalue weighted by Crippen LogP contribution is -2.31. The zero-order valence-electron chi connectivity index (χ0n) is 11.5. The summed E-state index contributed by atoms with van der Waals surface area (Å²) in [4.78, 5) is 24.2. The third kappa shape index (κ3) is 4.03. The number of carbonyl (C=O) groups is 1. The molecule has 0 saturated carbocycles. The molecule has 1 fully saturated rings. The Morgan fingerprint density at radius 1 is 1.45 bits per heavy atom. The van der Waals surface area contributed by atoms with Crippen molar-refractivity contribution < 1.29 is 9.72 Å². The highest BCUT2D eigenvalue weighted by Crippen LogP contribution is 2.14. The zero-order valence-corrected chi connectivity index (χ0v) is 11.5. The fourth-order valence-electron chi connectivity index (χ4n) is 2.43. The van der Waals surface area contributed by atoms with Crippen molar-refractivity contribution >= 4 is 11.6 Å². The zero-order chi connectivity index (χ0) is 14.5. The third-order valence-corrected chi connectivity index (χ3v) is 3.59. The first-order valence-corrected chi connectivity index (χ1v) is 6.73. The van der Waals surface area contributed by atoms with Crippen molar-refractivity contribution in [2.75, 3.05) is 26.7 Å². The van der Waals surface area contributed by atoms with Crippen molar-refractivity contribution in [2.24, 2.45) is 5.92 Å². The highest BCUT2D eigenvalue weighted by atomic mass is 16.6. The van der Waals surface area contributed by atoms with Gasteiger partial charge in [0.05, 0.1) is 11.3 Å². The van der Waals surface area contributed by atoms with Crippen LogP contribution in [0.5, 0.6) is 0 Å². The second kappa shape index (κ2) is 6.47. The molecule has 1 aromatic carbocycles. The van der Waals surface area contributed by atoms with Gasteiger partial charge in [0.2, 0.25) is 5.91 Å². The summed E-state index contributed by atoms with van der Waals surface area (Å²) in [5, 5.41) is 13.5. The Hall–Kier alpha value is -1.95. The van der Waals surface area contributed by atoms with Crippen LogP contribution in [0.3, 0.4) is 0 Å². The number of nitro benzene ring substituents is 1. The van der Waals surface area contributed by atoms with Crippen LogP contribution in [0.25, 0.3) is 0 Å². The maximum atomic E-state index is 11.8. The Morgan fingerprint density at radius 2 is 2.15 bits per heavy atom. The van der Waals surface area contributed by atoms with Gasteiger partial charge >= 0.3 is 0 Å². The van der Waals surface area contributed by atoms with Crippen LogP contribution >= 0.6 is 0 Å². The number of nitrogens with zero attached hydrogens (tertiary/aromatic N) is 2. The summed E-state index contributed by atoms with van der Waals surface area (Å²) in [6, 6.07) is 6.10. The third-order valence-electron chi connectivity index (χ3n) is 3.59. The highest BCUT2D eigenvalue weighted by Gasteiger charge is 2.19. The quantitative estimate of drug-likeness (QED) is 0.648. The molecular formula is C14H19N3O3. The van der Waals surface area contributed by atoms with Gasteiger partial charge < -0.3 is 10.2 Å². The van der Waals surface area contributed by atoms with Gasteiger partial charge in [-0.25, -0.2) is 0 Å². The minimum Gasteiger partial charge on any atom is -0.355 e. The van der Waals surface area contributed by atoms with E-state index in [1.54, 1.807) is 12.1 Å². The molecule has 0 aromatic heterocycles. The molecule has 1 aliphatic rings. The van der Waals surface area contributed by atoms with Gasteiger partial charge in [-0.05, 0) is 31.5 Å². The van der Waals surface area contributed by atoms with Gasteiger partial charge in [-0.3, -0.25) is 14.9 Å². The molecular weight excluding hydrogens is 258 g/mol. The summed E-state index contributed by atoms with van der Waals surface area (Å²) in [6.07, 6.45) is 1.38. The standard InChI is InChI=1S/C14H19N3O3/c1-16-7-6-12(10-16)9-15-14(18)8-11-2-4-13(5-3-11)17(19)20/h2-5,12H,6-10H2,1H3,(H,15,18)/t12-/m0/s1. The van der Waals surface area contributed by atoms with E-state index in [1.807, 2.05) is 0 Å².